The van der Waals surface area contributed by atoms with Gasteiger partial charge in [0.15, 0.2) is 5.92 Å². The first-order valence-corrected chi connectivity index (χ1v) is 5.52. The van der Waals surface area contributed by atoms with Crippen LogP contribution in [-0.2, 0) is 0 Å². The largest absolute Gasteiger partial charge is 1.00 e. The van der Waals surface area contributed by atoms with Gasteiger partial charge in [0.2, 0.25) is 11.2 Å². The third-order valence-electron chi connectivity index (χ3n) is 3.19. The van der Waals surface area contributed by atoms with Crippen molar-refractivity contribution in [2.75, 3.05) is 0 Å². The molecule has 1 aliphatic carbocycles. The fourth-order valence-corrected chi connectivity index (χ4v) is 2.09. The Morgan fingerprint density at radius 2 is 1.77 bits per heavy atom. The molecule has 1 atom stereocenters. The van der Waals surface area contributed by atoms with Crippen LogP contribution in [0.5, 0.6) is 0 Å². The molecule has 0 aromatic carbocycles. The normalized spacial score (nSPS) is 17.1. The number of rotatable bonds is 3. The molecule has 0 saturated heterocycles. The summed E-state index contributed by atoms with van der Waals surface area (Å²) in [5.41, 5.74) is -3.85. The van der Waals surface area contributed by atoms with Crippen molar-refractivity contribution in [2.45, 2.75) is 25.3 Å². The maximum atomic E-state index is 11.2. The Labute approximate surface area is 164 Å². The van der Waals surface area contributed by atoms with Gasteiger partial charge in [-0.2, -0.15) is 4.90 Å². The molecule has 1 heterocycles. The monoisotopic (exact) mass is 337 g/mol. The number of nitro groups is 2. The molecule has 0 bridgehead atoms. The minimum absolute atomic E-state index is 0. The molecule has 0 N–H and O–H groups in total. The van der Waals surface area contributed by atoms with Crippen LogP contribution in [0.1, 0.15) is 31.2 Å². The maximum absolute atomic E-state index is 11.2. The zero-order valence-electron chi connectivity index (χ0n) is 11.7. The molecule has 22 heavy (non-hydrogen) atoms. The molecule has 13 heteroatoms. The Kier molecular flexibility index (Phi) is 5.40. The van der Waals surface area contributed by atoms with Gasteiger partial charge in [-0.05, 0) is 5.16 Å². The maximum Gasteiger partial charge on any atom is 1.00 e. The van der Waals surface area contributed by atoms with Gasteiger partial charge < -0.3 is 10.4 Å². The van der Waals surface area contributed by atoms with E-state index >= 15 is 0 Å². The number of nitrogens with zero attached hydrogens (tertiary/aromatic N) is 5. The van der Waals surface area contributed by atoms with E-state index in [4.69, 9.17) is 0 Å². The van der Waals surface area contributed by atoms with Crippen LogP contribution in [0, 0.1) is 30.6 Å². The molecule has 1 aliphatic rings. The molecule has 112 valence electrons. The van der Waals surface area contributed by atoms with E-state index in [0.29, 0.717) is 6.08 Å². The molecule has 0 saturated carbocycles. The molecule has 12 nitrogen and oxygen atoms in total. The van der Waals surface area contributed by atoms with E-state index in [1.54, 1.807) is 0 Å². The number of aromatic nitrogens is 2. The van der Waals surface area contributed by atoms with Gasteiger partial charge in [-0.3, -0.25) is 20.2 Å². The summed E-state index contributed by atoms with van der Waals surface area (Å²) in [7, 11) is 0. The molecule has 0 radical (unpaired) electrons. The van der Waals surface area contributed by atoms with Crippen LogP contribution in [0.2, 0.25) is 0 Å². The van der Waals surface area contributed by atoms with Gasteiger partial charge in [-0.25, -0.2) is 4.63 Å². The summed E-state index contributed by atoms with van der Waals surface area (Å²) in [5, 5.41) is 50.9. The Bertz CT molecular complexity index is 690. The predicted molar refractivity (Wildman–Crippen MR) is 64.3 cm³/mol. The van der Waals surface area contributed by atoms with E-state index in [2.05, 4.69) is 14.9 Å². The summed E-state index contributed by atoms with van der Waals surface area (Å²) in [6, 6.07) is 0. The van der Waals surface area contributed by atoms with Crippen LogP contribution in [0.15, 0.2) is 16.4 Å². The molecule has 0 aliphatic heterocycles. The van der Waals surface area contributed by atoms with Crippen LogP contribution in [0.3, 0.4) is 0 Å². The summed E-state index contributed by atoms with van der Waals surface area (Å²) in [4.78, 5) is 19.8. The molecule has 0 fully saturated rings. The SMILES string of the molecule is CC(C)(C1C([N+](=O)[O-])=CC(=[N+]([O-])[O-])c2nonc21)[N+](=O)[O-].[K+]. The zero-order valence-corrected chi connectivity index (χ0v) is 14.9. The molecule has 2 rings (SSSR count). The Hall–Kier alpha value is -1.41. The van der Waals surface area contributed by atoms with E-state index in [9.17, 15) is 30.6 Å². The number of fused-ring (bicyclic) bond motifs is 1. The standard InChI is InChI=1S/C9H8N5O7.K/c1-9(2,14(19)20)6-4(12(15)16)3-5(13(17)18)7-8(6)11-21-10-7;/h3,6H,1-2H3;/q-1;+1. The van der Waals surface area contributed by atoms with Gasteiger partial charge in [0, 0.05) is 18.8 Å². The summed E-state index contributed by atoms with van der Waals surface area (Å²) < 4.78 is 4.38. The van der Waals surface area contributed by atoms with Crippen molar-refractivity contribution < 1.29 is 70.8 Å². The first kappa shape index (κ1) is 18.6. The van der Waals surface area contributed by atoms with E-state index in [1.165, 1.54) is 0 Å². The second kappa shape index (κ2) is 6.37. The van der Waals surface area contributed by atoms with Crippen LogP contribution >= 0.6 is 0 Å². The predicted octanol–water partition coefficient (Wildman–Crippen LogP) is -2.82. The Morgan fingerprint density at radius 3 is 2.23 bits per heavy atom. The van der Waals surface area contributed by atoms with Gasteiger partial charge in [0.25, 0.3) is 11.4 Å². The summed E-state index contributed by atoms with van der Waals surface area (Å²) >= 11 is 0. The topological polar surface area (TPSA) is 174 Å². The first-order valence-electron chi connectivity index (χ1n) is 5.52. The van der Waals surface area contributed by atoms with Crippen molar-refractivity contribution in [1.29, 1.82) is 0 Å². The number of hydrogen-bond acceptors (Lipinski definition) is 9. The molecule has 0 spiro atoms. The van der Waals surface area contributed by atoms with Crippen molar-refractivity contribution in [3.63, 3.8) is 0 Å². The van der Waals surface area contributed by atoms with Crippen LogP contribution in [-0.4, -0.2) is 36.3 Å². The summed E-state index contributed by atoms with van der Waals surface area (Å²) in [5.74, 6) is -1.42. The third kappa shape index (κ3) is 2.89. The van der Waals surface area contributed by atoms with Gasteiger partial charge in [0.05, 0.1) is 11.0 Å². The molecule has 1 aromatic rings. The van der Waals surface area contributed by atoms with E-state index in [1.807, 2.05) is 0 Å². The fraction of sp³-hybridized carbons (Fsp3) is 0.444. The van der Waals surface area contributed by atoms with Crippen molar-refractivity contribution in [3.8, 4) is 0 Å². The quantitative estimate of drug-likeness (QED) is 0.244. The average Bonchev–Trinajstić information content (AvgIpc) is 2.84. The smallest absolute Gasteiger partial charge is 0.612 e. The van der Waals surface area contributed by atoms with Crippen molar-refractivity contribution in [3.05, 3.63) is 53.8 Å². The Balaban J connectivity index is 0.00000242. The van der Waals surface area contributed by atoms with E-state index < -0.39 is 37.6 Å². The summed E-state index contributed by atoms with van der Waals surface area (Å²) in [6.45, 7) is 2.31. The number of allylic oxidation sites excluding steroid dienone is 1. The molecular formula is C9H8KN5O7. The molecule has 1 aromatic heterocycles. The van der Waals surface area contributed by atoms with Gasteiger partial charge in [-0.1, -0.05) is 5.16 Å². The van der Waals surface area contributed by atoms with Crippen molar-refractivity contribution in [1.82, 2.24) is 10.3 Å². The summed E-state index contributed by atoms with van der Waals surface area (Å²) in [6.07, 6.45) is 0.655. The molecule has 1 unspecified atom stereocenters. The van der Waals surface area contributed by atoms with Crippen LogP contribution in [0.25, 0.3) is 0 Å². The molecule has 0 amide bonds. The fourth-order valence-electron chi connectivity index (χ4n) is 2.09. The van der Waals surface area contributed by atoms with Crippen molar-refractivity contribution in [2.24, 2.45) is 0 Å². The van der Waals surface area contributed by atoms with E-state index in [-0.39, 0.29) is 62.8 Å². The van der Waals surface area contributed by atoms with Crippen LogP contribution < -0.4 is 51.4 Å². The third-order valence-corrected chi connectivity index (χ3v) is 3.19. The van der Waals surface area contributed by atoms with Gasteiger partial charge in [0.1, 0.15) is 5.69 Å². The van der Waals surface area contributed by atoms with Gasteiger partial charge >= 0.3 is 51.4 Å². The second-order valence-corrected chi connectivity index (χ2v) is 4.81. The second-order valence-electron chi connectivity index (χ2n) is 4.81. The minimum Gasteiger partial charge on any atom is -0.612 e. The Morgan fingerprint density at radius 1 is 1.18 bits per heavy atom. The van der Waals surface area contributed by atoms with Crippen LogP contribution in [0.4, 0.5) is 0 Å². The van der Waals surface area contributed by atoms with E-state index in [0.717, 1.165) is 13.8 Å². The first-order chi connectivity index (χ1) is 9.67. The van der Waals surface area contributed by atoms with Crippen molar-refractivity contribution >= 4 is 5.71 Å². The molecular weight excluding hydrogens is 329 g/mol. The minimum atomic E-state index is -1.83. The number of hydrogen-bond donors (Lipinski definition) is 0. The average molecular weight is 337 g/mol. The van der Waals surface area contributed by atoms with Gasteiger partial charge in [-0.15, -0.1) is 0 Å². The zero-order chi connectivity index (χ0) is 15.9.